The Kier molecular flexibility index (Phi) is 8.07. The standard InChI is InChI=1S/C28H28FN7O/c1-3-35(4-2)28-32-16-22(17-33-28)26(21-8-5-19(14-30)6-9-21)36-12-11-23(18-36)34-27(37)24-10-7-20(15-31)13-25(24)29/h5-10,13,16-17,23,26H,3-4,11-12,18H2,1-2H3,(H,34,37). The fourth-order valence-corrected chi connectivity index (χ4v) is 4.67. The van der Waals surface area contributed by atoms with Crippen LogP contribution in [0.4, 0.5) is 10.3 Å². The molecule has 1 amide bonds. The molecule has 1 aliphatic rings. The van der Waals surface area contributed by atoms with Crippen molar-refractivity contribution in [1.82, 2.24) is 20.2 Å². The predicted molar refractivity (Wildman–Crippen MR) is 137 cm³/mol. The van der Waals surface area contributed by atoms with Crippen molar-refractivity contribution in [3.63, 3.8) is 0 Å². The monoisotopic (exact) mass is 497 g/mol. The normalized spacial score (nSPS) is 16.0. The molecule has 9 heteroatoms. The minimum absolute atomic E-state index is 0.0820. The second-order valence-electron chi connectivity index (χ2n) is 8.89. The van der Waals surface area contributed by atoms with Crippen LogP contribution in [0.15, 0.2) is 54.9 Å². The zero-order chi connectivity index (χ0) is 26.4. The number of aromatic nitrogens is 2. The van der Waals surface area contributed by atoms with Gasteiger partial charge >= 0.3 is 0 Å². The molecule has 0 aliphatic carbocycles. The molecule has 2 unspecified atom stereocenters. The number of nitrogens with one attached hydrogen (secondary N) is 1. The van der Waals surface area contributed by atoms with Crippen molar-refractivity contribution in [2.45, 2.75) is 32.4 Å². The maximum absolute atomic E-state index is 14.3. The highest BCUT2D eigenvalue weighted by Crippen LogP contribution is 2.32. The third-order valence-electron chi connectivity index (χ3n) is 6.64. The molecule has 1 aromatic heterocycles. The molecule has 2 aromatic carbocycles. The summed E-state index contributed by atoms with van der Waals surface area (Å²) >= 11 is 0. The summed E-state index contributed by atoms with van der Waals surface area (Å²) in [7, 11) is 0. The van der Waals surface area contributed by atoms with Crippen molar-refractivity contribution >= 4 is 11.9 Å². The summed E-state index contributed by atoms with van der Waals surface area (Å²) in [4.78, 5) is 26.3. The number of nitrogens with zero attached hydrogens (tertiary/aromatic N) is 6. The number of benzene rings is 2. The van der Waals surface area contributed by atoms with Gasteiger partial charge in [0.2, 0.25) is 5.95 Å². The number of amides is 1. The van der Waals surface area contributed by atoms with E-state index in [9.17, 15) is 14.4 Å². The fourth-order valence-electron chi connectivity index (χ4n) is 4.67. The quantitative estimate of drug-likeness (QED) is 0.504. The van der Waals surface area contributed by atoms with Crippen molar-refractivity contribution < 1.29 is 9.18 Å². The van der Waals surface area contributed by atoms with Gasteiger partial charge < -0.3 is 10.2 Å². The van der Waals surface area contributed by atoms with Crippen LogP contribution in [0.3, 0.4) is 0 Å². The molecule has 0 spiro atoms. The van der Waals surface area contributed by atoms with Crippen LogP contribution in [0.2, 0.25) is 0 Å². The molecule has 8 nitrogen and oxygen atoms in total. The molecular weight excluding hydrogens is 469 g/mol. The first-order valence-corrected chi connectivity index (χ1v) is 12.3. The lowest BCUT2D eigenvalue weighted by Gasteiger charge is -2.29. The van der Waals surface area contributed by atoms with Gasteiger partial charge in [0.1, 0.15) is 5.82 Å². The maximum atomic E-state index is 14.3. The Labute approximate surface area is 216 Å². The van der Waals surface area contributed by atoms with Crippen LogP contribution < -0.4 is 10.2 Å². The molecular formula is C28H28FN7O. The SMILES string of the molecule is CCN(CC)c1ncc(C(c2ccc(C#N)cc2)N2CCC(NC(=O)c3ccc(C#N)cc3F)C2)cn1. The van der Waals surface area contributed by atoms with Gasteiger partial charge in [0.05, 0.1) is 34.9 Å². The van der Waals surface area contributed by atoms with Gasteiger partial charge in [-0.15, -0.1) is 0 Å². The number of hydrogen-bond donors (Lipinski definition) is 1. The van der Waals surface area contributed by atoms with Crippen molar-refractivity contribution in [3.05, 3.63) is 88.5 Å². The van der Waals surface area contributed by atoms with Gasteiger partial charge in [0.15, 0.2) is 0 Å². The number of hydrogen-bond acceptors (Lipinski definition) is 7. The van der Waals surface area contributed by atoms with Crippen molar-refractivity contribution in [2.75, 3.05) is 31.1 Å². The summed E-state index contributed by atoms with van der Waals surface area (Å²) in [5.41, 5.74) is 2.56. The van der Waals surface area contributed by atoms with Gasteiger partial charge in [-0.1, -0.05) is 12.1 Å². The number of anilines is 1. The molecule has 0 radical (unpaired) electrons. The van der Waals surface area contributed by atoms with E-state index >= 15 is 0 Å². The molecule has 2 heterocycles. The highest BCUT2D eigenvalue weighted by molar-refractivity contribution is 5.94. The Morgan fingerprint density at radius 3 is 2.32 bits per heavy atom. The lowest BCUT2D eigenvalue weighted by atomic mass is 9.98. The Hall–Kier alpha value is -4.34. The molecule has 1 fully saturated rings. The van der Waals surface area contributed by atoms with E-state index in [2.05, 4.69) is 45.0 Å². The molecule has 0 saturated carbocycles. The highest BCUT2D eigenvalue weighted by Gasteiger charge is 2.32. The van der Waals surface area contributed by atoms with Gasteiger partial charge in [-0.05, 0) is 56.2 Å². The minimum atomic E-state index is -0.715. The van der Waals surface area contributed by atoms with E-state index in [1.165, 1.54) is 12.1 Å². The number of likely N-dealkylation sites (tertiary alicyclic amines) is 1. The summed E-state index contributed by atoms with van der Waals surface area (Å²) in [6.45, 7) is 6.98. The molecule has 1 aliphatic heterocycles. The Morgan fingerprint density at radius 2 is 1.73 bits per heavy atom. The molecule has 188 valence electrons. The van der Waals surface area contributed by atoms with Gasteiger partial charge in [0.25, 0.3) is 5.91 Å². The zero-order valence-electron chi connectivity index (χ0n) is 20.9. The summed E-state index contributed by atoms with van der Waals surface area (Å²) < 4.78 is 14.3. The minimum Gasteiger partial charge on any atom is -0.348 e. The molecule has 1 N–H and O–H groups in total. The van der Waals surface area contributed by atoms with E-state index in [0.717, 1.165) is 30.3 Å². The summed E-state index contributed by atoms with van der Waals surface area (Å²) in [6.07, 6.45) is 4.36. The predicted octanol–water partition coefficient (Wildman–Crippen LogP) is 3.80. The fraction of sp³-hybridized carbons (Fsp3) is 0.321. The van der Waals surface area contributed by atoms with E-state index in [4.69, 9.17) is 5.26 Å². The number of carbonyl (C=O) groups is 1. The first-order chi connectivity index (χ1) is 18.0. The van der Waals surface area contributed by atoms with Crippen LogP contribution in [0.5, 0.6) is 0 Å². The van der Waals surface area contributed by atoms with Crippen molar-refractivity contribution in [2.24, 2.45) is 0 Å². The van der Waals surface area contributed by atoms with Gasteiger partial charge in [-0.2, -0.15) is 10.5 Å². The molecule has 4 rings (SSSR count). The number of nitriles is 2. The van der Waals surface area contributed by atoms with Crippen LogP contribution in [0, 0.1) is 28.5 Å². The van der Waals surface area contributed by atoms with Crippen LogP contribution in [-0.2, 0) is 0 Å². The number of halogens is 1. The van der Waals surface area contributed by atoms with Crippen molar-refractivity contribution in [3.8, 4) is 12.1 Å². The Morgan fingerprint density at radius 1 is 1.08 bits per heavy atom. The zero-order valence-corrected chi connectivity index (χ0v) is 20.9. The van der Waals surface area contributed by atoms with Crippen LogP contribution in [0.25, 0.3) is 0 Å². The largest absolute Gasteiger partial charge is 0.348 e. The first-order valence-electron chi connectivity index (χ1n) is 12.3. The molecule has 37 heavy (non-hydrogen) atoms. The van der Waals surface area contributed by atoms with Gasteiger partial charge in [-0.3, -0.25) is 9.69 Å². The average molecular weight is 498 g/mol. The number of carbonyl (C=O) groups excluding carboxylic acids is 1. The number of rotatable bonds is 8. The van der Waals surface area contributed by atoms with Crippen LogP contribution in [0.1, 0.15) is 58.9 Å². The summed E-state index contributed by atoms with van der Waals surface area (Å²) in [6, 6.07) is 14.9. The second kappa shape index (κ2) is 11.6. The third kappa shape index (κ3) is 5.74. The van der Waals surface area contributed by atoms with Gasteiger partial charge in [0, 0.05) is 50.2 Å². The lowest BCUT2D eigenvalue weighted by molar-refractivity contribution is 0.0933. The van der Waals surface area contributed by atoms with E-state index in [1.807, 2.05) is 30.6 Å². The van der Waals surface area contributed by atoms with Crippen molar-refractivity contribution in [1.29, 1.82) is 10.5 Å². The Balaban J connectivity index is 1.55. The molecule has 3 aromatic rings. The van der Waals surface area contributed by atoms with E-state index in [-0.39, 0.29) is 23.2 Å². The summed E-state index contributed by atoms with van der Waals surface area (Å²) in [5.74, 6) is -0.550. The van der Waals surface area contributed by atoms with E-state index in [0.29, 0.717) is 31.0 Å². The highest BCUT2D eigenvalue weighted by atomic mass is 19.1. The smallest absolute Gasteiger partial charge is 0.254 e. The first kappa shape index (κ1) is 25.7. The molecule has 0 bridgehead atoms. The van der Waals surface area contributed by atoms with E-state index < -0.39 is 11.7 Å². The third-order valence-corrected chi connectivity index (χ3v) is 6.64. The topological polar surface area (TPSA) is 109 Å². The summed E-state index contributed by atoms with van der Waals surface area (Å²) in [5, 5.41) is 21.1. The molecule has 1 saturated heterocycles. The molecule has 2 atom stereocenters. The van der Waals surface area contributed by atoms with E-state index in [1.54, 1.807) is 12.1 Å². The average Bonchev–Trinajstić information content (AvgIpc) is 3.38. The lowest BCUT2D eigenvalue weighted by Crippen LogP contribution is -2.38. The van der Waals surface area contributed by atoms with Gasteiger partial charge in [-0.25, -0.2) is 14.4 Å². The van der Waals surface area contributed by atoms with Crippen LogP contribution in [-0.4, -0.2) is 53.0 Å². The van der Waals surface area contributed by atoms with Crippen LogP contribution >= 0.6 is 0 Å². The maximum Gasteiger partial charge on any atom is 0.254 e. The second-order valence-corrected chi connectivity index (χ2v) is 8.89. The Bertz CT molecular complexity index is 1320.